The maximum Gasteiger partial charge on any atom is 0.236 e. The van der Waals surface area contributed by atoms with Gasteiger partial charge in [0.25, 0.3) is 0 Å². The fraction of sp³-hybridized carbons (Fsp3) is 0.333. The minimum absolute atomic E-state index is 0.0196. The molecule has 2 aromatic rings. The molecule has 3 rings (SSSR count). The molecule has 0 saturated carbocycles. The molecule has 0 bridgehead atoms. The van der Waals surface area contributed by atoms with E-state index in [1.807, 2.05) is 0 Å². The van der Waals surface area contributed by atoms with Crippen LogP contribution in [0.1, 0.15) is 12.1 Å². The lowest BCUT2D eigenvalue weighted by molar-refractivity contribution is -0.123. The van der Waals surface area contributed by atoms with Crippen molar-refractivity contribution in [3.05, 3.63) is 11.9 Å². The van der Waals surface area contributed by atoms with Crippen LogP contribution in [0.4, 0.5) is 11.8 Å². The number of fused-ring (bicyclic) bond motifs is 1. The second kappa shape index (κ2) is 5.15. The first-order valence-electron chi connectivity index (χ1n) is 6.49. The van der Waals surface area contributed by atoms with E-state index in [0.717, 1.165) is 0 Å². The number of hydrogen-bond donors (Lipinski definition) is 3. The van der Waals surface area contributed by atoms with E-state index in [9.17, 15) is 9.59 Å². The van der Waals surface area contributed by atoms with Crippen molar-refractivity contribution < 1.29 is 14.7 Å². The van der Waals surface area contributed by atoms with Crippen LogP contribution in [0.3, 0.4) is 0 Å². The lowest BCUT2D eigenvalue weighted by Gasteiger charge is -2.14. The Morgan fingerprint density at radius 1 is 1.41 bits per heavy atom. The number of aliphatic hydroxyl groups is 1. The molecule has 5 N–H and O–H groups in total. The number of amides is 2. The van der Waals surface area contributed by atoms with Crippen molar-refractivity contribution in [2.24, 2.45) is 11.7 Å². The summed E-state index contributed by atoms with van der Waals surface area (Å²) < 4.78 is 0. The van der Waals surface area contributed by atoms with Crippen molar-refractivity contribution in [2.45, 2.75) is 13.0 Å². The summed E-state index contributed by atoms with van der Waals surface area (Å²) in [5.74, 6) is -1.32. The van der Waals surface area contributed by atoms with Gasteiger partial charge in [0.15, 0.2) is 17.0 Å². The van der Waals surface area contributed by atoms with E-state index in [0.29, 0.717) is 5.69 Å². The Morgan fingerprint density at radius 2 is 2.18 bits per heavy atom. The molecule has 0 radical (unpaired) electrons. The molecule has 2 amide bonds. The predicted molar refractivity (Wildman–Crippen MR) is 75.1 cm³/mol. The number of carbonyl (C=O) groups is 2. The number of nitrogens with zero attached hydrogens (tertiary/aromatic N) is 5. The number of primary amides is 1. The second-order valence-corrected chi connectivity index (χ2v) is 4.91. The summed E-state index contributed by atoms with van der Waals surface area (Å²) in [5.41, 5.74) is 11.8. The van der Waals surface area contributed by atoms with Crippen molar-refractivity contribution in [3.63, 3.8) is 0 Å². The number of rotatable bonds is 3. The normalized spacial score (nSPS) is 18.1. The Labute approximate surface area is 124 Å². The van der Waals surface area contributed by atoms with Crippen molar-refractivity contribution >= 4 is 34.7 Å². The highest BCUT2D eigenvalue weighted by molar-refractivity contribution is 5.99. The summed E-state index contributed by atoms with van der Waals surface area (Å²) in [6.45, 7) is -0.170. The number of carbonyl (C=O) groups excluding carboxylic acids is 2. The smallest absolute Gasteiger partial charge is 0.236 e. The summed E-state index contributed by atoms with van der Waals surface area (Å²) in [4.78, 5) is 40.7. The molecule has 1 aliphatic heterocycles. The van der Waals surface area contributed by atoms with Crippen LogP contribution in [0.2, 0.25) is 0 Å². The van der Waals surface area contributed by atoms with Crippen LogP contribution in [0.25, 0.3) is 11.2 Å². The van der Waals surface area contributed by atoms with Gasteiger partial charge in [-0.15, -0.1) is 0 Å². The van der Waals surface area contributed by atoms with Gasteiger partial charge in [0, 0.05) is 13.0 Å². The van der Waals surface area contributed by atoms with Gasteiger partial charge in [0.05, 0.1) is 24.4 Å². The molecule has 2 aromatic heterocycles. The molecule has 22 heavy (non-hydrogen) atoms. The highest BCUT2D eigenvalue weighted by atomic mass is 16.3. The summed E-state index contributed by atoms with van der Waals surface area (Å²) in [6.07, 6.45) is 1.38. The van der Waals surface area contributed by atoms with Crippen molar-refractivity contribution in [2.75, 3.05) is 17.2 Å². The molecule has 1 saturated heterocycles. The zero-order chi connectivity index (χ0) is 15.9. The Kier molecular flexibility index (Phi) is 3.29. The van der Waals surface area contributed by atoms with E-state index in [4.69, 9.17) is 16.6 Å². The zero-order valence-electron chi connectivity index (χ0n) is 11.4. The summed E-state index contributed by atoms with van der Waals surface area (Å²) in [5, 5.41) is 9.05. The quantitative estimate of drug-likeness (QED) is 0.606. The van der Waals surface area contributed by atoms with Crippen LogP contribution in [-0.2, 0) is 16.2 Å². The fourth-order valence-electron chi connectivity index (χ4n) is 2.24. The van der Waals surface area contributed by atoms with Gasteiger partial charge in [0.1, 0.15) is 0 Å². The molecule has 0 aromatic carbocycles. The third-order valence-electron chi connectivity index (χ3n) is 3.40. The van der Waals surface area contributed by atoms with Crippen molar-refractivity contribution in [3.8, 4) is 0 Å². The van der Waals surface area contributed by atoms with Crippen LogP contribution in [0, 0.1) is 5.92 Å². The zero-order valence-corrected chi connectivity index (χ0v) is 11.4. The minimum Gasteiger partial charge on any atom is -0.390 e. The van der Waals surface area contributed by atoms with Gasteiger partial charge in [-0.3, -0.25) is 14.5 Å². The van der Waals surface area contributed by atoms with Crippen LogP contribution >= 0.6 is 0 Å². The van der Waals surface area contributed by atoms with Gasteiger partial charge >= 0.3 is 0 Å². The molecule has 10 nitrogen and oxygen atoms in total. The highest BCUT2D eigenvalue weighted by Gasteiger charge is 2.35. The average molecular weight is 303 g/mol. The largest absolute Gasteiger partial charge is 0.390 e. The van der Waals surface area contributed by atoms with Gasteiger partial charge < -0.3 is 16.6 Å². The lowest BCUT2D eigenvalue weighted by Crippen LogP contribution is -2.30. The summed E-state index contributed by atoms with van der Waals surface area (Å²) in [6, 6.07) is 0. The number of anilines is 2. The van der Waals surface area contributed by atoms with Crippen LogP contribution in [0.5, 0.6) is 0 Å². The van der Waals surface area contributed by atoms with Gasteiger partial charge in [-0.2, -0.15) is 9.97 Å². The molecule has 0 aliphatic carbocycles. The molecule has 114 valence electrons. The molecule has 1 fully saturated rings. The van der Waals surface area contributed by atoms with Gasteiger partial charge in [-0.1, -0.05) is 0 Å². The standard InChI is InChI=1S/C12H13N7O3/c13-9-8-11(15-2-6(4-20)16-8)18-12(17-9)19-3-5(10(14)22)1-7(19)21/h2,5,20H,1,3-4H2,(H2,14,22)(H2,13,15,17,18). The van der Waals surface area contributed by atoms with Crippen molar-refractivity contribution in [1.29, 1.82) is 0 Å². The molecular formula is C12H13N7O3. The molecule has 1 unspecified atom stereocenters. The van der Waals surface area contributed by atoms with E-state index in [1.165, 1.54) is 11.1 Å². The maximum absolute atomic E-state index is 12.0. The number of hydrogen-bond acceptors (Lipinski definition) is 8. The molecule has 10 heteroatoms. The average Bonchev–Trinajstić information content (AvgIpc) is 2.89. The Hall–Kier alpha value is -2.88. The Morgan fingerprint density at radius 3 is 2.82 bits per heavy atom. The monoisotopic (exact) mass is 303 g/mol. The maximum atomic E-state index is 12.0. The van der Waals surface area contributed by atoms with E-state index >= 15 is 0 Å². The predicted octanol–water partition coefficient (Wildman–Crippen LogP) is -1.67. The Balaban J connectivity index is 2.02. The minimum atomic E-state index is -0.573. The van der Waals surface area contributed by atoms with Gasteiger partial charge in [0.2, 0.25) is 17.8 Å². The first-order valence-corrected chi connectivity index (χ1v) is 6.49. The molecule has 0 spiro atoms. The third-order valence-corrected chi connectivity index (χ3v) is 3.40. The van der Waals surface area contributed by atoms with E-state index in [2.05, 4.69) is 19.9 Å². The van der Waals surface area contributed by atoms with E-state index in [-0.39, 0.29) is 48.4 Å². The molecule has 3 heterocycles. The second-order valence-electron chi connectivity index (χ2n) is 4.91. The first kappa shape index (κ1) is 14.1. The van der Waals surface area contributed by atoms with Gasteiger partial charge in [-0.25, -0.2) is 9.97 Å². The third kappa shape index (κ3) is 2.29. The highest BCUT2D eigenvalue weighted by Crippen LogP contribution is 2.25. The van der Waals surface area contributed by atoms with E-state index < -0.39 is 11.8 Å². The topological polar surface area (TPSA) is 161 Å². The molecule has 1 atom stereocenters. The number of nitrogen functional groups attached to an aromatic ring is 1. The van der Waals surface area contributed by atoms with Crippen LogP contribution < -0.4 is 16.4 Å². The molecular weight excluding hydrogens is 290 g/mol. The fourth-order valence-corrected chi connectivity index (χ4v) is 2.24. The van der Waals surface area contributed by atoms with E-state index in [1.54, 1.807) is 0 Å². The number of aromatic nitrogens is 4. The lowest BCUT2D eigenvalue weighted by atomic mass is 10.1. The summed E-state index contributed by atoms with van der Waals surface area (Å²) >= 11 is 0. The van der Waals surface area contributed by atoms with Crippen LogP contribution in [0.15, 0.2) is 6.20 Å². The van der Waals surface area contributed by atoms with Crippen molar-refractivity contribution in [1.82, 2.24) is 19.9 Å². The number of aliphatic hydroxyl groups excluding tert-OH is 1. The molecule has 1 aliphatic rings. The van der Waals surface area contributed by atoms with Gasteiger partial charge in [-0.05, 0) is 0 Å². The first-order chi connectivity index (χ1) is 10.5. The Bertz CT molecular complexity index is 779. The summed E-state index contributed by atoms with van der Waals surface area (Å²) in [7, 11) is 0. The number of nitrogens with two attached hydrogens (primary N) is 2. The van der Waals surface area contributed by atoms with Crippen LogP contribution in [-0.4, -0.2) is 43.4 Å². The SMILES string of the molecule is NC(=O)C1CC(=O)N(c2nc(N)c3nc(CO)cnc3n2)C1.